The minimum Gasteiger partial charge on any atom is -0.490 e. The first-order valence-corrected chi connectivity index (χ1v) is 10.9. The van der Waals surface area contributed by atoms with Gasteiger partial charge in [-0.1, -0.05) is 37.3 Å². The zero-order valence-electron chi connectivity index (χ0n) is 18.3. The van der Waals surface area contributed by atoms with Gasteiger partial charge < -0.3 is 14.4 Å². The van der Waals surface area contributed by atoms with Crippen molar-refractivity contribution in [2.75, 3.05) is 13.2 Å². The number of hydrogen-bond acceptors (Lipinski definition) is 4. The maximum absolute atomic E-state index is 13.6. The lowest BCUT2D eigenvalue weighted by Gasteiger charge is -2.42. The first-order valence-electron chi connectivity index (χ1n) is 10.9. The SMILES string of the molecule is CCOc1ccc(C(CC)(c2cccnc2)N2Cc3ccccc3C2=O)cc1OCC. The van der Waals surface area contributed by atoms with Crippen LogP contribution in [-0.4, -0.2) is 29.0 Å². The summed E-state index contributed by atoms with van der Waals surface area (Å²) in [5.41, 5.74) is 3.09. The van der Waals surface area contributed by atoms with Gasteiger partial charge in [0.15, 0.2) is 11.5 Å². The molecule has 5 heteroatoms. The number of pyridine rings is 1. The Morgan fingerprint density at radius 2 is 1.71 bits per heavy atom. The van der Waals surface area contributed by atoms with E-state index in [9.17, 15) is 4.79 Å². The van der Waals surface area contributed by atoms with Crippen LogP contribution in [0.5, 0.6) is 11.5 Å². The van der Waals surface area contributed by atoms with Crippen LogP contribution in [0.1, 0.15) is 54.2 Å². The van der Waals surface area contributed by atoms with Gasteiger partial charge in [-0.3, -0.25) is 9.78 Å². The summed E-state index contributed by atoms with van der Waals surface area (Å²) in [5, 5.41) is 0. The van der Waals surface area contributed by atoms with Crippen LogP contribution >= 0.6 is 0 Å². The Kier molecular flexibility index (Phi) is 5.94. The first kappa shape index (κ1) is 20.9. The number of nitrogens with zero attached hydrogens (tertiary/aromatic N) is 2. The monoisotopic (exact) mass is 416 g/mol. The van der Waals surface area contributed by atoms with Gasteiger partial charge in [0.2, 0.25) is 0 Å². The molecule has 1 aromatic heterocycles. The number of aromatic nitrogens is 1. The van der Waals surface area contributed by atoms with Gasteiger partial charge >= 0.3 is 0 Å². The maximum atomic E-state index is 13.6. The lowest BCUT2D eigenvalue weighted by Crippen LogP contribution is -2.47. The highest BCUT2D eigenvalue weighted by Crippen LogP contribution is 2.45. The van der Waals surface area contributed by atoms with E-state index in [0.29, 0.717) is 37.7 Å². The number of carbonyl (C=O) groups excluding carboxylic acids is 1. The quantitative estimate of drug-likeness (QED) is 0.507. The van der Waals surface area contributed by atoms with Crippen molar-refractivity contribution >= 4 is 5.91 Å². The topological polar surface area (TPSA) is 51.7 Å². The second kappa shape index (κ2) is 8.80. The van der Waals surface area contributed by atoms with Crippen LogP contribution in [0, 0.1) is 0 Å². The zero-order chi connectivity index (χ0) is 21.8. The summed E-state index contributed by atoms with van der Waals surface area (Å²) in [5.74, 6) is 1.43. The standard InChI is InChI=1S/C26H28N2O3/c1-4-26(21-11-9-15-27-17-21,28-18-19-10-7-8-12-22(19)25(28)29)20-13-14-23(30-5-2)24(16-20)31-6-3/h7-17H,4-6,18H2,1-3H3. The van der Waals surface area contributed by atoms with Crippen molar-refractivity contribution in [3.8, 4) is 11.5 Å². The van der Waals surface area contributed by atoms with E-state index in [0.717, 1.165) is 22.3 Å². The number of benzene rings is 2. The molecule has 31 heavy (non-hydrogen) atoms. The minimum atomic E-state index is -0.680. The molecule has 0 saturated heterocycles. The molecule has 1 aliphatic heterocycles. The fourth-order valence-corrected chi connectivity index (χ4v) is 4.56. The second-order valence-electron chi connectivity index (χ2n) is 7.53. The number of rotatable bonds is 8. The van der Waals surface area contributed by atoms with Crippen molar-refractivity contribution in [2.45, 2.75) is 39.3 Å². The van der Waals surface area contributed by atoms with E-state index in [1.165, 1.54) is 0 Å². The summed E-state index contributed by atoms with van der Waals surface area (Å²) in [6.45, 7) is 7.66. The minimum absolute atomic E-state index is 0.0353. The number of hydrogen-bond donors (Lipinski definition) is 0. The molecule has 0 saturated carbocycles. The molecule has 0 aliphatic carbocycles. The van der Waals surface area contributed by atoms with Crippen molar-refractivity contribution in [3.05, 3.63) is 89.2 Å². The third-order valence-corrected chi connectivity index (χ3v) is 5.95. The third kappa shape index (κ3) is 3.54. The van der Waals surface area contributed by atoms with Crippen molar-refractivity contribution in [1.29, 1.82) is 0 Å². The summed E-state index contributed by atoms with van der Waals surface area (Å²) < 4.78 is 11.7. The summed E-state index contributed by atoms with van der Waals surface area (Å²) in [4.78, 5) is 19.9. The average Bonchev–Trinajstić information content (AvgIpc) is 3.14. The van der Waals surface area contributed by atoms with Gasteiger partial charge in [-0.2, -0.15) is 0 Å². The number of fused-ring (bicyclic) bond motifs is 1. The number of carbonyl (C=O) groups is 1. The molecule has 1 aliphatic rings. The van der Waals surface area contributed by atoms with Gasteiger partial charge in [0.25, 0.3) is 5.91 Å². The molecule has 0 bridgehead atoms. The predicted octanol–water partition coefficient (Wildman–Crippen LogP) is 5.19. The van der Waals surface area contributed by atoms with Crippen LogP contribution < -0.4 is 9.47 Å². The van der Waals surface area contributed by atoms with Gasteiger partial charge in [0.05, 0.1) is 18.8 Å². The lowest BCUT2D eigenvalue weighted by molar-refractivity contribution is 0.0562. The van der Waals surface area contributed by atoms with E-state index < -0.39 is 5.54 Å². The third-order valence-electron chi connectivity index (χ3n) is 5.95. The van der Waals surface area contributed by atoms with Gasteiger partial charge in [0, 0.05) is 30.1 Å². The Morgan fingerprint density at radius 3 is 2.39 bits per heavy atom. The van der Waals surface area contributed by atoms with Crippen molar-refractivity contribution < 1.29 is 14.3 Å². The van der Waals surface area contributed by atoms with E-state index in [1.54, 1.807) is 6.20 Å². The molecule has 0 N–H and O–H groups in total. The summed E-state index contributed by atoms with van der Waals surface area (Å²) in [7, 11) is 0. The Bertz CT molecular complexity index is 1070. The highest BCUT2D eigenvalue weighted by molar-refractivity contribution is 5.99. The van der Waals surface area contributed by atoms with Crippen LogP contribution in [0.4, 0.5) is 0 Å². The van der Waals surface area contributed by atoms with Crippen molar-refractivity contribution in [3.63, 3.8) is 0 Å². The van der Waals surface area contributed by atoms with E-state index in [2.05, 4.69) is 11.9 Å². The highest BCUT2D eigenvalue weighted by Gasteiger charge is 2.45. The molecule has 0 fully saturated rings. The molecule has 3 aromatic rings. The van der Waals surface area contributed by atoms with E-state index in [1.807, 2.05) is 79.5 Å². The van der Waals surface area contributed by atoms with Gasteiger partial charge in [-0.15, -0.1) is 0 Å². The van der Waals surface area contributed by atoms with E-state index in [-0.39, 0.29) is 5.91 Å². The molecule has 5 nitrogen and oxygen atoms in total. The summed E-state index contributed by atoms with van der Waals surface area (Å²) in [6.07, 6.45) is 4.31. The zero-order valence-corrected chi connectivity index (χ0v) is 18.3. The highest BCUT2D eigenvalue weighted by atomic mass is 16.5. The first-order chi connectivity index (χ1) is 15.2. The molecule has 160 valence electrons. The Labute approximate surface area is 183 Å². The van der Waals surface area contributed by atoms with Gasteiger partial charge in [-0.25, -0.2) is 0 Å². The molecule has 1 amide bonds. The Balaban J connectivity index is 1.91. The second-order valence-corrected chi connectivity index (χ2v) is 7.53. The van der Waals surface area contributed by atoms with Crippen molar-refractivity contribution in [2.24, 2.45) is 0 Å². The fourth-order valence-electron chi connectivity index (χ4n) is 4.56. The molecule has 2 aromatic carbocycles. The van der Waals surface area contributed by atoms with Crippen LogP contribution in [0.3, 0.4) is 0 Å². The smallest absolute Gasteiger partial charge is 0.255 e. The molecular formula is C26H28N2O3. The van der Waals surface area contributed by atoms with Gasteiger partial charge in [0.1, 0.15) is 0 Å². The molecule has 1 unspecified atom stereocenters. The molecule has 1 atom stereocenters. The maximum Gasteiger partial charge on any atom is 0.255 e. The van der Waals surface area contributed by atoms with Crippen LogP contribution in [0.2, 0.25) is 0 Å². The van der Waals surface area contributed by atoms with Gasteiger partial charge in [-0.05, 0) is 55.7 Å². The van der Waals surface area contributed by atoms with Crippen molar-refractivity contribution in [1.82, 2.24) is 9.88 Å². The van der Waals surface area contributed by atoms with Crippen LogP contribution in [0.15, 0.2) is 67.0 Å². The Hall–Kier alpha value is -3.34. The molecule has 2 heterocycles. The average molecular weight is 417 g/mol. The normalized spacial score (nSPS) is 14.8. The molecule has 4 rings (SSSR count). The molecule has 0 spiro atoms. The predicted molar refractivity (Wildman–Crippen MR) is 120 cm³/mol. The van der Waals surface area contributed by atoms with E-state index >= 15 is 0 Å². The fraction of sp³-hybridized carbons (Fsp3) is 0.308. The number of ether oxygens (including phenoxy) is 2. The summed E-state index contributed by atoms with van der Waals surface area (Å²) in [6, 6.07) is 17.8. The Morgan fingerprint density at radius 1 is 0.935 bits per heavy atom. The molecular weight excluding hydrogens is 388 g/mol. The van der Waals surface area contributed by atoms with Crippen LogP contribution in [-0.2, 0) is 12.1 Å². The molecule has 0 radical (unpaired) electrons. The summed E-state index contributed by atoms with van der Waals surface area (Å²) >= 11 is 0. The number of amides is 1. The lowest BCUT2D eigenvalue weighted by atomic mass is 9.79. The largest absolute Gasteiger partial charge is 0.490 e. The van der Waals surface area contributed by atoms with Crippen LogP contribution in [0.25, 0.3) is 0 Å². The van der Waals surface area contributed by atoms with E-state index in [4.69, 9.17) is 9.47 Å².